The Morgan fingerprint density at radius 2 is 2.03 bits per heavy atom. The number of fused-ring (bicyclic) bond motifs is 1. The number of rotatable bonds is 8. The third kappa shape index (κ3) is 5.28. The number of carbonyl (C=O) groups excluding carboxylic acids is 3. The lowest BCUT2D eigenvalue weighted by Crippen LogP contribution is -2.42. The highest BCUT2D eigenvalue weighted by Crippen LogP contribution is 2.32. The van der Waals surface area contributed by atoms with Crippen LogP contribution in [0, 0.1) is 11.3 Å². The monoisotopic (exact) mass is 534 g/mol. The summed E-state index contributed by atoms with van der Waals surface area (Å²) in [6, 6.07) is 4.98. The zero-order valence-corrected chi connectivity index (χ0v) is 21.9. The van der Waals surface area contributed by atoms with Crippen LogP contribution in [0.3, 0.4) is 0 Å². The van der Waals surface area contributed by atoms with E-state index in [1.54, 1.807) is 12.0 Å². The summed E-state index contributed by atoms with van der Waals surface area (Å²) >= 11 is 0. The molecule has 3 amide bonds. The van der Waals surface area contributed by atoms with Crippen LogP contribution in [0.2, 0.25) is 0 Å². The third-order valence-corrected chi connectivity index (χ3v) is 7.48. The minimum Gasteiger partial charge on any atom is -0.486 e. The van der Waals surface area contributed by atoms with Crippen molar-refractivity contribution in [1.29, 1.82) is 5.26 Å². The summed E-state index contributed by atoms with van der Waals surface area (Å²) in [7, 11) is 3.13. The van der Waals surface area contributed by atoms with Gasteiger partial charge in [0.15, 0.2) is 6.29 Å². The fourth-order valence-corrected chi connectivity index (χ4v) is 5.15. The molecule has 0 bridgehead atoms. The van der Waals surface area contributed by atoms with Crippen LogP contribution in [0.5, 0.6) is 5.75 Å². The molecule has 0 spiro atoms. The number of aromatic nitrogens is 2. The summed E-state index contributed by atoms with van der Waals surface area (Å²) in [6.07, 6.45) is 5.00. The molecular weight excluding hydrogens is 504 g/mol. The Morgan fingerprint density at radius 1 is 1.21 bits per heavy atom. The van der Waals surface area contributed by atoms with E-state index in [0.29, 0.717) is 55.8 Å². The van der Waals surface area contributed by atoms with E-state index in [1.807, 2.05) is 6.07 Å². The number of anilines is 2. The maximum Gasteiger partial charge on any atom is 0.328 e. The molecule has 1 saturated carbocycles. The molecule has 12 nitrogen and oxygen atoms in total. The van der Waals surface area contributed by atoms with Crippen LogP contribution in [0.15, 0.2) is 18.3 Å². The molecule has 12 heteroatoms. The number of pyridine rings is 2. The van der Waals surface area contributed by atoms with E-state index in [4.69, 9.17) is 14.2 Å². The highest BCUT2D eigenvalue weighted by Gasteiger charge is 2.34. The fourth-order valence-electron chi connectivity index (χ4n) is 5.15. The van der Waals surface area contributed by atoms with Crippen molar-refractivity contribution in [2.45, 2.75) is 57.0 Å². The number of nitriles is 1. The second kappa shape index (κ2) is 11.3. The number of ether oxygens (including phenoxy) is 3. The summed E-state index contributed by atoms with van der Waals surface area (Å²) in [5.41, 5.74) is 1.90. The molecule has 3 aliphatic rings. The van der Waals surface area contributed by atoms with Gasteiger partial charge < -0.3 is 19.1 Å². The Hall–Kier alpha value is -4.08. The van der Waals surface area contributed by atoms with Gasteiger partial charge in [-0.15, -0.1) is 0 Å². The number of likely N-dealkylation sites (tertiary alicyclic amines) is 1. The normalized spacial score (nSPS) is 22.1. The second-order valence-electron chi connectivity index (χ2n) is 9.78. The largest absolute Gasteiger partial charge is 0.486 e. The van der Waals surface area contributed by atoms with Gasteiger partial charge in [-0.2, -0.15) is 5.26 Å². The van der Waals surface area contributed by atoms with Crippen LogP contribution in [0.1, 0.15) is 52.9 Å². The minimum absolute atomic E-state index is 0.0411. The smallest absolute Gasteiger partial charge is 0.328 e. The quantitative estimate of drug-likeness (QED) is 0.504. The molecule has 3 atom stereocenters. The van der Waals surface area contributed by atoms with Gasteiger partial charge >= 0.3 is 6.03 Å². The van der Waals surface area contributed by atoms with Gasteiger partial charge in [-0.05, 0) is 37.3 Å². The van der Waals surface area contributed by atoms with Gasteiger partial charge in [0.05, 0.1) is 12.3 Å². The molecule has 0 radical (unpaired) electrons. The molecule has 0 aromatic carbocycles. The molecular formula is C27H30N6O6. The topological polar surface area (TPSA) is 147 Å². The SMILES string of the molecule is COC1CCN(Cc2cc3c(nc2C=O)N(C(=O)Nc2cc(O[C@@H]4CC[C@H]4OC)c(C#N)cn2)CCC3)C1=O. The van der Waals surface area contributed by atoms with E-state index >= 15 is 0 Å². The van der Waals surface area contributed by atoms with E-state index in [9.17, 15) is 19.6 Å². The van der Waals surface area contributed by atoms with Crippen molar-refractivity contribution in [3.05, 3.63) is 40.7 Å². The number of methoxy groups -OCH3 is 2. The minimum atomic E-state index is -0.466. The maximum absolute atomic E-state index is 13.3. The van der Waals surface area contributed by atoms with Crippen molar-refractivity contribution in [2.75, 3.05) is 37.5 Å². The summed E-state index contributed by atoms with van der Waals surface area (Å²) in [6.45, 7) is 1.19. The highest BCUT2D eigenvalue weighted by molar-refractivity contribution is 6.01. The van der Waals surface area contributed by atoms with E-state index in [2.05, 4.69) is 21.4 Å². The van der Waals surface area contributed by atoms with E-state index < -0.39 is 12.1 Å². The lowest BCUT2D eigenvalue weighted by Gasteiger charge is -2.35. The lowest BCUT2D eigenvalue weighted by molar-refractivity contribution is -0.136. The van der Waals surface area contributed by atoms with Crippen molar-refractivity contribution < 1.29 is 28.6 Å². The molecule has 1 aliphatic carbocycles. The van der Waals surface area contributed by atoms with E-state index in [1.165, 1.54) is 24.3 Å². The Labute approximate surface area is 225 Å². The molecule has 2 aromatic rings. The Balaban J connectivity index is 1.34. The van der Waals surface area contributed by atoms with Crippen LogP contribution in [0.4, 0.5) is 16.4 Å². The summed E-state index contributed by atoms with van der Waals surface area (Å²) < 4.78 is 16.6. The van der Waals surface area contributed by atoms with Gasteiger partial charge in [-0.1, -0.05) is 0 Å². The first kappa shape index (κ1) is 26.5. The van der Waals surface area contributed by atoms with Crippen molar-refractivity contribution in [2.24, 2.45) is 0 Å². The Morgan fingerprint density at radius 3 is 2.69 bits per heavy atom. The van der Waals surface area contributed by atoms with Gasteiger partial charge in [0.25, 0.3) is 5.91 Å². The number of nitrogens with one attached hydrogen (secondary N) is 1. The van der Waals surface area contributed by atoms with Crippen LogP contribution >= 0.6 is 0 Å². The molecule has 1 N–H and O–H groups in total. The number of amides is 3. The third-order valence-electron chi connectivity index (χ3n) is 7.48. The first-order valence-electron chi connectivity index (χ1n) is 12.9. The molecule has 5 rings (SSSR count). The average Bonchev–Trinajstić information content (AvgIpc) is 3.29. The maximum atomic E-state index is 13.3. The molecule has 204 valence electrons. The molecule has 2 aromatic heterocycles. The highest BCUT2D eigenvalue weighted by atomic mass is 16.5. The van der Waals surface area contributed by atoms with Crippen LogP contribution in [-0.4, -0.2) is 78.7 Å². The number of aryl methyl sites for hydroxylation is 1. The van der Waals surface area contributed by atoms with Crippen LogP contribution < -0.4 is 15.0 Å². The number of hydrogen-bond acceptors (Lipinski definition) is 9. The van der Waals surface area contributed by atoms with Gasteiger partial charge in [0, 0.05) is 51.9 Å². The molecule has 4 heterocycles. The average molecular weight is 535 g/mol. The molecule has 2 aliphatic heterocycles. The molecule has 39 heavy (non-hydrogen) atoms. The molecule has 2 fully saturated rings. The van der Waals surface area contributed by atoms with Crippen LogP contribution in [-0.2, 0) is 27.2 Å². The van der Waals surface area contributed by atoms with Gasteiger partial charge in [0.1, 0.15) is 46.9 Å². The first-order valence-corrected chi connectivity index (χ1v) is 12.9. The van der Waals surface area contributed by atoms with Crippen molar-refractivity contribution in [1.82, 2.24) is 14.9 Å². The Bertz CT molecular complexity index is 1320. The number of carbonyl (C=O) groups is 3. The van der Waals surface area contributed by atoms with Gasteiger partial charge in [-0.25, -0.2) is 14.8 Å². The lowest BCUT2D eigenvalue weighted by atomic mass is 9.92. The van der Waals surface area contributed by atoms with E-state index in [-0.39, 0.29) is 41.7 Å². The second-order valence-corrected chi connectivity index (χ2v) is 9.78. The number of urea groups is 1. The van der Waals surface area contributed by atoms with Crippen LogP contribution in [0.25, 0.3) is 0 Å². The first-order chi connectivity index (χ1) is 18.9. The molecule has 1 saturated heterocycles. The summed E-state index contributed by atoms with van der Waals surface area (Å²) in [5, 5.41) is 12.2. The van der Waals surface area contributed by atoms with Gasteiger partial charge in [0.2, 0.25) is 0 Å². The predicted octanol–water partition coefficient (Wildman–Crippen LogP) is 2.45. The summed E-state index contributed by atoms with van der Waals surface area (Å²) in [4.78, 5) is 49.6. The van der Waals surface area contributed by atoms with Crippen molar-refractivity contribution in [3.63, 3.8) is 0 Å². The number of hydrogen-bond donors (Lipinski definition) is 1. The number of nitrogens with zero attached hydrogens (tertiary/aromatic N) is 5. The summed E-state index contributed by atoms with van der Waals surface area (Å²) in [5.74, 6) is 0.838. The fraction of sp³-hybridized carbons (Fsp3) is 0.481. The zero-order chi connectivity index (χ0) is 27.5. The van der Waals surface area contributed by atoms with Gasteiger partial charge in [-0.3, -0.25) is 19.8 Å². The zero-order valence-electron chi connectivity index (χ0n) is 21.9. The molecule has 1 unspecified atom stereocenters. The Kier molecular flexibility index (Phi) is 7.72. The van der Waals surface area contributed by atoms with Crippen molar-refractivity contribution in [3.8, 4) is 11.8 Å². The van der Waals surface area contributed by atoms with Crippen molar-refractivity contribution >= 4 is 29.9 Å². The van der Waals surface area contributed by atoms with E-state index in [0.717, 1.165) is 18.4 Å². The predicted molar refractivity (Wildman–Crippen MR) is 139 cm³/mol. The number of aldehydes is 1. The standard InChI is InChI=1S/C27H30N6O6/c1-37-20-5-6-21(20)39-23-11-24(29-13-18(23)12-28)31-27(36)33-8-3-4-16-10-17(19(15-34)30-25(16)33)14-32-9-7-22(38-2)26(32)35/h10-11,13,15,20-22H,3-9,14H2,1-2H3,(H,29,31,36)/t20-,21-,22?/m1/s1.